The zero-order valence-corrected chi connectivity index (χ0v) is 16.0. The molecule has 1 amide bonds. The number of methoxy groups -OCH3 is 1. The number of carbonyl (C=O) groups is 1. The lowest BCUT2D eigenvalue weighted by Gasteiger charge is -2.26. The SMILES string of the molecule is CN=C(NCc1cc(C)cc(OC)c1)NCC1CC(=O)Nc2ccccc21. The maximum absolute atomic E-state index is 12.0. The van der Waals surface area contributed by atoms with E-state index >= 15 is 0 Å². The molecular formula is C21H26N4O2. The first-order valence-electron chi connectivity index (χ1n) is 9.07. The molecule has 27 heavy (non-hydrogen) atoms. The Morgan fingerprint density at radius 2 is 2.07 bits per heavy atom. The van der Waals surface area contributed by atoms with Crippen molar-refractivity contribution in [3.05, 3.63) is 59.2 Å². The lowest BCUT2D eigenvalue weighted by atomic mass is 9.90. The fourth-order valence-electron chi connectivity index (χ4n) is 3.35. The molecule has 1 aliphatic heterocycles. The van der Waals surface area contributed by atoms with E-state index in [2.05, 4.69) is 33.1 Å². The van der Waals surface area contributed by atoms with E-state index in [1.54, 1.807) is 14.2 Å². The van der Waals surface area contributed by atoms with Crippen LogP contribution in [0.3, 0.4) is 0 Å². The molecule has 0 aromatic heterocycles. The monoisotopic (exact) mass is 366 g/mol. The van der Waals surface area contributed by atoms with Crippen molar-refractivity contribution in [1.82, 2.24) is 10.6 Å². The highest BCUT2D eigenvalue weighted by molar-refractivity contribution is 5.94. The first kappa shape index (κ1) is 18.8. The van der Waals surface area contributed by atoms with Gasteiger partial charge in [0.15, 0.2) is 5.96 Å². The minimum atomic E-state index is 0.0512. The Balaban J connectivity index is 1.60. The van der Waals surface area contributed by atoms with Gasteiger partial charge < -0.3 is 20.7 Å². The number of carbonyl (C=O) groups excluding carboxylic acids is 1. The molecule has 1 heterocycles. The van der Waals surface area contributed by atoms with Crippen molar-refractivity contribution >= 4 is 17.6 Å². The first-order valence-corrected chi connectivity index (χ1v) is 9.07. The molecule has 6 heteroatoms. The summed E-state index contributed by atoms with van der Waals surface area (Å²) in [4.78, 5) is 16.2. The summed E-state index contributed by atoms with van der Waals surface area (Å²) in [7, 11) is 3.41. The molecular weight excluding hydrogens is 340 g/mol. The molecule has 1 atom stereocenters. The second-order valence-corrected chi connectivity index (χ2v) is 6.70. The molecule has 1 unspecified atom stereocenters. The summed E-state index contributed by atoms with van der Waals surface area (Å²) in [5.74, 6) is 1.72. The summed E-state index contributed by atoms with van der Waals surface area (Å²) in [6, 6.07) is 14.1. The molecule has 1 aliphatic rings. The molecule has 2 aromatic carbocycles. The third kappa shape index (κ3) is 4.78. The molecule has 3 N–H and O–H groups in total. The molecule has 0 spiro atoms. The van der Waals surface area contributed by atoms with Crippen LogP contribution >= 0.6 is 0 Å². The standard InChI is InChI=1S/C21H26N4O2/c1-14-8-15(10-17(9-14)27-3)12-23-21(22-2)24-13-16-11-20(26)25-19-7-5-4-6-18(16)19/h4-10,16H,11-13H2,1-3H3,(H,25,26)(H2,22,23,24). The molecule has 6 nitrogen and oxygen atoms in total. The lowest BCUT2D eigenvalue weighted by molar-refractivity contribution is -0.116. The Kier molecular flexibility index (Phi) is 5.96. The smallest absolute Gasteiger partial charge is 0.225 e. The second-order valence-electron chi connectivity index (χ2n) is 6.70. The number of ether oxygens (including phenoxy) is 1. The maximum atomic E-state index is 12.0. The van der Waals surface area contributed by atoms with Crippen LogP contribution in [0.4, 0.5) is 5.69 Å². The van der Waals surface area contributed by atoms with Gasteiger partial charge in [0.2, 0.25) is 5.91 Å². The van der Waals surface area contributed by atoms with Crippen LogP contribution in [-0.4, -0.2) is 32.6 Å². The number of benzene rings is 2. The number of para-hydroxylation sites is 1. The third-order valence-electron chi connectivity index (χ3n) is 4.65. The average Bonchev–Trinajstić information content (AvgIpc) is 2.67. The molecule has 0 aliphatic carbocycles. The zero-order chi connectivity index (χ0) is 19.2. The number of hydrogen-bond acceptors (Lipinski definition) is 3. The van der Waals surface area contributed by atoms with Crippen molar-refractivity contribution < 1.29 is 9.53 Å². The number of nitrogens with one attached hydrogen (secondary N) is 3. The van der Waals surface area contributed by atoms with Crippen molar-refractivity contribution in [1.29, 1.82) is 0 Å². The fraction of sp³-hybridized carbons (Fsp3) is 0.333. The largest absolute Gasteiger partial charge is 0.497 e. The van der Waals surface area contributed by atoms with Gasteiger partial charge in [-0.15, -0.1) is 0 Å². The van der Waals surface area contributed by atoms with E-state index in [-0.39, 0.29) is 11.8 Å². The summed E-state index contributed by atoms with van der Waals surface area (Å²) >= 11 is 0. The number of hydrogen-bond donors (Lipinski definition) is 3. The highest BCUT2D eigenvalue weighted by Crippen LogP contribution is 2.31. The topological polar surface area (TPSA) is 74.8 Å². The van der Waals surface area contributed by atoms with Gasteiger partial charge in [-0.1, -0.05) is 24.3 Å². The summed E-state index contributed by atoms with van der Waals surface area (Å²) in [6.45, 7) is 3.32. The molecule has 0 bridgehead atoms. The Bertz CT molecular complexity index is 848. The van der Waals surface area contributed by atoms with E-state index < -0.39 is 0 Å². The van der Waals surface area contributed by atoms with Gasteiger partial charge in [-0.2, -0.15) is 0 Å². The van der Waals surface area contributed by atoms with Crippen LogP contribution in [-0.2, 0) is 11.3 Å². The van der Waals surface area contributed by atoms with Gasteiger partial charge in [0.05, 0.1) is 7.11 Å². The summed E-state index contributed by atoms with van der Waals surface area (Å²) < 4.78 is 5.33. The summed E-state index contributed by atoms with van der Waals surface area (Å²) in [5, 5.41) is 9.59. The number of rotatable bonds is 5. The average molecular weight is 366 g/mol. The minimum Gasteiger partial charge on any atom is -0.497 e. The van der Waals surface area contributed by atoms with E-state index in [4.69, 9.17) is 4.74 Å². The highest BCUT2D eigenvalue weighted by atomic mass is 16.5. The number of fused-ring (bicyclic) bond motifs is 1. The van der Waals surface area contributed by atoms with Crippen LogP contribution in [0, 0.1) is 6.92 Å². The predicted octanol–water partition coefficient (Wildman–Crippen LogP) is 2.79. The zero-order valence-electron chi connectivity index (χ0n) is 16.0. The normalized spacial score (nSPS) is 16.3. The van der Waals surface area contributed by atoms with E-state index in [0.717, 1.165) is 28.1 Å². The summed E-state index contributed by atoms with van der Waals surface area (Å²) in [5.41, 5.74) is 4.33. The van der Waals surface area contributed by atoms with Crippen molar-refractivity contribution in [2.75, 3.05) is 26.0 Å². The van der Waals surface area contributed by atoms with Gasteiger partial charge >= 0.3 is 0 Å². The van der Waals surface area contributed by atoms with E-state index in [9.17, 15) is 4.79 Å². The molecule has 0 radical (unpaired) electrons. The van der Waals surface area contributed by atoms with E-state index in [0.29, 0.717) is 25.5 Å². The molecule has 142 valence electrons. The summed E-state index contributed by atoms with van der Waals surface area (Å²) in [6.07, 6.45) is 0.468. The van der Waals surface area contributed by atoms with Crippen molar-refractivity contribution in [2.45, 2.75) is 25.8 Å². The lowest BCUT2D eigenvalue weighted by Crippen LogP contribution is -2.40. The van der Waals surface area contributed by atoms with Crippen LogP contribution in [0.1, 0.15) is 29.0 Å². The number of amides is 1. The Labute approximate surface area is 160 Å². The van der Waals surface area contributed by atoms with Gasteiger partial charge in [0.1, 0.15) is 5.75 Å². The maximum Gasteiger partial charge on any atom is 0.225 e. The highest BCUT2D eigenvalue weighted by Gasteiger charge is 2.24. The Morgan fingerprint density at radius 3 is 2.85 bits per heavy atom. The molecule has 2 aromatic rings. The van der Waals surface area contributed by atoms with Crippen LogP contribution in [0.25, 0.3) is 0 Å². The molecule has 0 saturated heterocycles. The second kappa shape index (κ2) is 8.58. The quantitative estimate of drug-likeness (QED) is 0.562. The van der Waals surface area contributed by atoms with Crippen LogP contribution in [0.2, 0.25) is 0 Å². The number of aryl methyl sites for hydroxylation is 1. The van der Waals surface area contributed by atoms with Gasteiger partial charge in [0.25, 0.3) is 0 Å². The predicted molar refractivity (Wildman–Crippen MR) is 108 cm³/mol. The van der Waals surface area contributed by atoms with Gasteiger partial charge in [0, 0.05) is 38.2 Å². The van der Waals surface area contributed by atoms with Gasteiger partial charge in [-0.25, -0.2) is 0 Å². The number of guanidine groups is 1. The molecule has 3 rings (SSSR count). The Hall–Kier alpha value is -3.02. The fourth-order valence-corrected chi connectivity index (χ4v) is 3.35. The van der Waals surface area contributed by atoms with Crippen molar-refractivity contribution in [2.24, 2.45) is 4.99 Å². The van der Waals surface area contributed by atoms with Gasteiger partial charge in [-0.05, 0) is 41.8 Å². The number of aliphatic imine (C=N–C) groups is 1. The number of anilines is 1. The molecule has 0 fully saturated rings. The minimum absolute atomic E-state index is 0.0512. The van der Waals surface area contributed by atoms with Crippen LogP contribution in [0.5, 0.6) is 5.75 Å². The Morgan fingerprint density at radius 1 is 1.26 bits per heavy atom. The van der Waals surface area contributed by atoms with Gasteiger partial charge in [-0.3, -0.25) is 9.79 Å². The van der Waals surface area contributed by atoms with Crippen molar-refractivity contribution in [3.63, 3.8) is 0 Å². The first-order chi connectivity index (χ1) is 13.1. The van der Waals surface area contributed by atoms with E-state index in [1.165, 1.54) is 0 Å². The molecule has 0 saturated carbocycles. The number of nitrogens with zero attached hydrogens (tertiary/aromatic N) is 1. The third-order valence-corrected chi connectivity index (χ3v) is 4.65. The van der Waals surface area contributed by atoms with Crippen molar-refractivity contribution in [3.8, 4) is 5.75 Å². The van der Waals surface area contributed by atoms with Crippen LogP contribution < -0.4 is 20.7 Å². The van der Waals surface area contributed by atoms with Crippen LogP contribution in [0.15, 0.2) is 47.5 Å². The van der Waals surface area contributed by atoms with E-state index in [1.807, 2.05) is 37.3 Å².